The van der Waals surface area contributed by atoms with Crippen LogP contribution in [-0.2, 0) is 12.8 Å². The Hall–Kier alpha value is -2.37. The summed E-state index contributed by atoms with van der Waals surface area (Å²) in [6.45, 7) is 4.05. The maximum Gasteiger partial charge on any atom is 0.252 e. The zero-order valence-electron chi connectivity index (χ0n) is 11.1. The zero-order valence-corrected chi connectivity index (χ0v) is 11.1. The number of primary amides is 1. The molecular weight excluding hydrogens is 242 g/mol. The number of carbonyl (C=O) groups excluding carboxylic acids is 1. The lowest BCUT2D eigenvalue weighted by molar-refractivity contribution is 0.1000. The number of aryl methyl sites for hydroxylation is 2. The van der Waals surface area contributed by atoms with Gasteiger partial charge >= 0.3 is 0 Å². The molecule has 2 rings (SSSR count). The smallest absolute Gasteiger partial charge is 0.252 e. The first-order valence-electron chi connectivity index (χ1n) is 6.20. The molecule has 19 heavy (non-hydrogen) atoms. The quantitative estimate of drug-likeness (QED) is 0.857. The summed E-state index contributed by atoms with van der Waals surface area (Å²) in [6.07, 6.45) is 3.10. The summed E-state index contributed by atoms with van der Waals surface area (Å²) in [5, 5.41) is 4.45. The molecule has 0 atom stereocenters. The number of pyridine rings is 1. The fourth-order valence-electron chi connectivity index (χ4n) is 1.91. The standard InChI is InChI=1S/C13H17N5O/c1-3-9-6-10(4-2)18(17-9)13-11(12(15)19)5-8(14)7-16-13/h5-7H,3-4,14H2,1-2H3,(H2,15,19). The molecule has 0 spiro atoms. The minimum atomic E-state index is -0.564. The molecule has 6 heteroatoms. The molecule has 0 bridgehead atoms. The second-order valence-corrected chi connectivity index (χ2v) is 4.25. The van der Waals surface area contributed by atoms with Crippen LogP contribution in [0.2, 0.25) is 0 Å². The molecule has 6 nitrogen and oxygen atoms in total. The van der Waals surface area contributed by atoms with E-state index >= 15 is 0 Å². The number of carbonyl (C=O) groups is 1. The summed E-state index contributed by atoms with van der Waals surface area (Å²) in [6, 6.07) is 3.53. The number of nitrogen functional groups attached to an aromatic ring is 1. The fraction of sp³-hybridized carbons (Fsp3) is 0.308. The summed E-state index contributed by atoms with van der Waals surface area (Å²) in [7, 11) is 0. The Morgan fingerprint density at radius 1 is 1.32 bits per heavy atom. The van der Waals surface area contributed by atoms with Crippen LogP contribution in [0.15, 0.2) is 18.3 Å². The van der Waals surface area contributed by atoms with E-state index in [1.165, 1.54) is 12.3 Å². The second-order valence-electron chi connectivity index (χ2n) is 4.25. The Bertz CT molecular complexity index is 617. The highest BCUT2D eigenvalue weighted by Crippen LogP contribution is 2.18. The topological polar surface area (TPSA) is 99.8 Å². The van der Waals surface area contributed by atoms with Gasteiger partial charge in [0.25, 0.3) is 5.91 Å². The van der Waals surface area contributed by atoms with Crippen molar-refractivity contribution < 1.29 is 4.79 Å². The van der Waals surface area contributed by atoms with Crippen molar-refractivity contribution in [3.8, 4) is 5.82 Å². The summed E-state index contributed by atoms with van der Waals surface area (Å²) >= 11 is 0. The van der Waals surface area contributed by atoms with Crippen molar-refractivity contribution in [1.82, 2.24) is 14.8 Å². The Labute approximate surface area is 111 Å². The minimum absolute atomic E-state index is 0.278. The molecule has 0 unspecified atom stereocenters. The molecule has 0 aliphatic heterocycles. The normalized spacial score (nSPS) is 10.6. The van der Waals surface area contributed by atoms with Crippen LogP contribution in [0, 0.1) is 0 Å². The van der Waals surface area contributed by atoms with Gasteiger partial charge in [0.15, 0.2) is 5.82 Å². The first-order valence-corrected chi connectivity index (χ1v) is 6.20. The predicted octanol–water partition coefficient (Wildman–Crippen LogP) is 1.07. The van der Waals surface area contributed by atoms with E-state index in [1.54, 1.807) is 4.68 Å². The average molecular weight is 259 g/mol. The largest absolute Gasteiger partial charge is 0.397 e. The number of nitrogens with two attached hydrogens (primary N) is 2. The van der Waals surface area contributed by atoms with Crippen LogP contribution in [-0.4, -0.2) is 20.7 Å². The van der Waals surface area contributed by atoms with Crippen molar-refractivity contribution in [2.45, 2.75) is 26.7 Å². The maximum atomic E-state index is 11.5. The molecule has 2 aromatic heterocycles. The molecule has 0 aliphatic rings. The molecular formula is C13H17N5O. The highest BCUT2D eigenvalue weighted by molar-refractivity contribution is 5.96. The van der Waals surface area contributed by atoms with Gasteiger partial charge in [0.1, 0.15) is 0 Å². The van der Waals surface area contributed by atoms with E-state index in [9.17, 15) is 4.79 Å². The monoisotopic (exact) mass is 259 g/mol. The molecule has 0 aliphatic carbocycles. The van der Waals surface area contributed by atoms with Crippen LogP contribution in [0.5, 0.6) is 0 Å². The van der Waals surface area contributed by atoms with E-state index < -0.39 is 5.91 Å². The fourth-order valence-corrected chi connectivity index (χ4v) is 1.91. The molecule has 4 N–H and O–H groups in total. The number of hydrogen-bond acceptors (Lipinski definition) is 4. The second kappa shape index (κ2) is 5.09. The van der Waals surface area contributed by atoms with Gasteiger partial charge in [0, 0.05) is 5.69 Å². The van der Waals surface area contributed by atoms with Crippen molar-refractivity contribution in [3.05, 3.63) is 35.3 Å². The van der Waals surface area contributed by atoms with Gasteiger partial charge in [-0.2, -0.15) is 5.10 Å². The highest BCUT2D eigenvalue weighted by Gasteiger charge is 2.16. The Kier molecular flexibility index (Phi) is 3.50. The van der Waals surface area contributed by atoms with Gasteiger partial charge in [0.2, 0.25) is 0 Å². The van der Waals surface area contributed by atoms with E-state index in [-0.39, 0.29) is 5.56 Å². The lowest BCUT2D eigenvalue weighted by Gasteiger charge is -2.09. The van der Waals surface area contributed by atoms with E-state index in [4.69, 9.17) is 11.5 Å². The van der Waals surface area contributed by atoms with Crippen LogP contribution >= 0.6 is 0 Å². The van der Waals surface area contributed by atoms with Crippen molar-refractivity contribution in [1.29, 1.82) is 0 Å². The third-order valence-corrected chi connectivity index (χ3v) is 2.91. The van der Waals surface area contributed by atoms with E-state index in [0.717, 1.165) is 24.2 Å². The molecule has 0 fully saturated rings. The minimum Gasteiger partial charge on any atom is -0.397 e. The van der Waals surface area contributed by atoms with E-state index in [1.807, 2.05) is 19.9 Å². The summed E-state index contributed by atoms with van der Waals surface area (Å²) < 4.78 is 1.67. The first-order chi connectivity index (χ1) is 9.06. The van der Waals surface area contributed by atoms with Crippen LogP contribution in [0.3, 0.4) is 0 Å². The van der Waals surface area contributed by atoms with Crippen LogP contribution in [0.1, 0.15) is 35.6 Å². The maximum absolute atomic E-state index is 11.5. The van der Waals surface area contributed by atoms with Crippen molar-refractivity contribution in [3.63, 3.8) is 0 Å². The molecule has 0 saturated carbocycles. The summed E-state index contributed by atoms with van der Waals surface area (Å²) in [5.74, 6) is -0.136. The van der Waals surface area contributed by atoms with Crippen LogP contribution in [0.4, 0.5) is 5.69 Å². The number of amides is 1. The molecule has 2 heterocycles. The van der Waals surface area contributed by atoms with Crippen molar-refractivity contribution >= 4 is 11.6 Å². The molecule has 100 valence electrons. The first kappa shape index (κ1) is 13.1. The number of rotatable bonds is 4. The van der Waals surface area contributed by atoms with Gasteiger partial charge in [-0.25, -0.2) is 9.67 Å². The zero-order chi connectivity index (χ0) is 14.0. The molecule has 0 saturated heterocycles. The Morgan fingerprint density at radius 3 is 2.63 bits per heavy atom. The van der Waals surface area contributed by atoms with Crippen molar-refractivity contribution in [2.75, 3.05) is 5.73 Å². The highest BCUT2D eigenvalue weighted by atomic mass is 16.1. The SMILES string of the molecule is CCc1cc(CC)n(-c2ncc(N)cc2C(N)=O)n1. The van der Waals surface area contributed by atoms with Gasteiger partial charge < -0.3 is 11.5 Å². The number of aromatic nitrogens is 3. The predicted molar refractivity (Wildman–Crippen MR) is 73.0 cm³/mol. The van der Waals surface area contributed by atoms with Gasteiger partial charge in [-0.15, -0.1) is 0 Å². The van der Waals surface area contributed by atoms with Gasteiger partial charge in [-0.05, 0) is 25.0 Å². The van der Waals surface area contributed by atoms with Gasteiger partial charge in [-0.1, -0.05) is 13.8 Å². The summed E-state index contributed by atoms with van der Waals surface area (Å²) in [4.78, 5) is 15.7. The molecule has 0 radical (unpaired) electrons. The third kappa shape index (κ3) is 2.42. The van der Waals surface area contributed by atoms with E-state index in [0.29, 0.717) is 11.5 Å². The van der Waals surface area contributed by atoms with Crippen LogP contribution < -0.4 is 11.5 Å². The Morgan fingerprint density at radius 2 is 2.05 bits per heavy atom. The summed E-state index contributed by atoms with van der Waals surface area (Å²) in [5.41, 5.74) is 13.6. The molecule has 2 aromatic rings. The lowest BCUT2D eigenvalue weighted by atomic mass is 10.2. The van der Waals surface area contributed by atoms with Gasteiger partial charge in [0.05, 0.1) is 23.1 Å². The Balaban J connectivity index is 2.64. The average Bonchev–Trinajstić information content (AvgIpc) is 2.81. The van der Waals surface area contributed by atoms with Crippen molar-refractivity contribution in [2.24, 2.45) is 5.73 Å². The number of hydrogen-bond donors (Lipinski definition) is 2. The van der Waals surface area contributed by atoms with Gasteiger partial charge in [-0.3, -0.25) is 4.79 Å². The number of nitrogens with zero attached hydrogens (tertiary/aromatic N) is 3. The number of anilines is 1. The van der Waals surface area contributed by atoms with E-state index in [2.05, 4.69) is 10.1 Å². The molecule has 1 amide bonds. The molecule has 0 aromatic carbocycles. The third-order valence-electron chi connectivity index (χ3n) is 2.91. The lowest BCUT2D eigenvalue weighted by Crippen LogP contribution is -2.18. The van der Waals surface area contributed by atoms with Crippen LogP contribution in [0.25, 0.3) is 5.82 Å².